The number of amides is 2. The zero-order valence-electron chi connectivity index (χ0n) is 20.5. The van der Waals surface area contributed by atoms with Gasteiger partial charge in [0, 0.05) is 16.7 Å². The minimum Gasteiger partial charge on any atom is -0.493 e. The molecule has 2 aliphatic heterocycles. The number of halogens is 1. The van der Waals surface area contributed by atoms with Crippen LogP contribution in [0.2, 0.25) is 0 Å². The van der Waals surface area contributed by atoms with Crippen molar-refractivity contribution in [3.63, 3.8) is 0 Å². The van der Waals surface area contributed by atoms with Crippen LogP contribution in [0, 0.1) is 6.92 Å². The number of esters is 1. The van der Waals surface area contributed by atoms with E-state index in [1.54, 1.807) is 21.7 Å². The molecule has 37 heavy (non-hydrogen) atoms. The lowest BCUT2D eigenvalue weighted by Crippen LogP contribution is -2.40. The molecular weight excluding hydrogens is 542 g/mol. The first-order valence-electron chi connectivity index (χ1n) is 12.0. The van der Waals surface area contributed by atoms with E-state index in [0.717, 1.165) is 41.9 Å². The van der Waals surface area contributed by atoms with Gasteiger partial charge in [-0.3, -0.25) is 9.59 Å². The number of aryl methyl sites for hydroxylation is 2. The number of nitrogens with one attached hydrogen (secondary N) is 1. The van der Waals surface area contributed by atoms with E-state index in [9.17, 15) is 14.4 Å². The molecule has 3 heterocycles. The fraction of sp³-hybridized carbons (Fsp3) is 0.346. The molecule has 0 saturated heterocycles. The van der Waals surface area contributed by atoms with Crippen LogP contribution in [0.3, 0.4) is 0 Å². The SMILES string of the molecule is COC(=O)c1cc(NC(=O)c2nnn3c2CN(C(=O)Cc2ccc4c(c2)CCCO4)CC3)c(C)cc1Br. The zero-order valence-corrected chi connectivity index (χ0v) is 22.1. The molecule has 0 spiro atoms. The van der Waals surface area contributed by atoms with Gasteiger partial charge in [0.1, 0.15) is 5.75 Å². The van der Waals surface area contributed by atoms with Crippen molar-refractivity contribution in [2.75, 3.05) is 25.6 Å². The molecule has 192 valence electrons. The fourth-order valence-corrected chi connectivity index (χ4v) is 5.22. The normalized spacial score (nSPS) is 14.3. The topological polar surface area (TPSA) is 116 Å². The molecular formula is C26H26BrN5O5. The highest BCUT2D eigenvalue weighted by Crippen LogP contribution is 2.28. The van der Waals surface area contributed by atoms with E-state index in [-0.39, 0.29) is 24.6 Å². The first-order chi connectivity index (χ1) is 17.8. The van der Waals surface area contributed by atoms with Crippen LogP contribution >= 0.6 is 15.9 Å². The lowest BCUT2D eigenvalue weighted by Gasteiger charge is -2.28. The van der Waals surface area contributed by atoms with Crippen molar-refractivity contribution in [3.05, 3.63) is 68.4 Å². The summed E-state index contributed by atoms with van der Waals surface area (Å²) in [7, 11) is 1.29. The smallest absolute Gasteiger partial charge is 0.339 e. The Morgan fingerprint density at radius 2 is 2.03 bits per heavy atom. The molecule has 2 aliphatic rings. The highest BCUT2D eigenvalue weighted by atomic mass is 79.9. The summed E-state index contributed by atoms with van der Waals surface area (Å²) in [5, 5.41) is 11.0. The average molecular weight is 568 g/mol. The van der Waals surface area contributed by atoms with Crippen LogP contribution in [0.1, 0.15) is 49.7 Å². The van der Waals surface area contributed by atoms with Crippen molar-refractivity contribution in [3.8, 4) is 5.75 Å². The van der Waals surface area contributed by atoms with Crippen LogP contribution < -0.4 is 10.1 Å². The van der Waals surface area contributed by atoms with Crippen molar-refractivity contribution in [2.24, 2.45) is 0 Å². The molecule has 0 radical (unpaired) electrons. The molecule has 0 fully saturated rings. The Balaban J connectivity index is 1.30. The van der Waals surface area contributed by atoms with E-state index in [2.05, 4.69) is 31.6 Å². The zero-order chi connectivity index (χ0) is 26.1. The third-order valence-electron chi connectivity index (χ3n) is 6.62. The third-order valence-corrected chi connectivity index (χ3v) is 7.28. The van der Waals surface area contributed by atoms with E-state index < -0.39 is 11.9 Å². The Morgan fingerprint density at radius 1 is 1.19 bits per heavy atom. The standard InChI is InChI=1S/C26H26BrN5O5/c1-15-10-19(27)18(26(35)36-2)13-20(15)28-25(34)24-21-14-31(7-8-32(21)30-29-24)23(33)12-16-5-6-22-17(11-16)4-3-9-37-22/h5-6,10-11,13H,3-4,7-9,12,14H2,1-2H3,(H,28,34). The van der Waals surface area contributed by atoms with Crippen LogP contribution in [0.4, 0.5) is 5.69 Å². The minimum absolute atomic E-state index is 0.0260. The molecule has 0 atom stereocenters. The maximum absolute atomic E-state index is 13.2. The summed E-state index contributed by atoms with van der Waals surface area (Å²) in [6.45, 7) is 3.71. The highest BCUT2D eigenvalue weighted by molar-refractivity contribution is 9.10. The fourth-order valence-electron chi connectivity index (χ4n) is 4.60. The first kappa shape index (κ1) is 24.9. The van der Waals surface area contributed by atoms with E-state index >= 15 is 0 Å². The summed E-state index contributed by atoms with van der Waals surface area (Å²) in [6.07, 6.45) is 2.19. The molecule has 1 aromatic heterocycles. The number of aromatic nitrogens is 3. The molecule has 3 aromatic rings. The number of benzene rings is 2. The van der Waals surface area contributed by atoms with Gasteiger partial charge >= 0.3 is 5.97 Å². The summed E-state index contributed by atoms with van der Waals surface area (Å²) in [5.74, 6) is -0.122. The minimum atomic E-state index is -0.524. The van der Waals surface area contributed by atoms with Gasteiger partial charge in [-0.1, -0.05) is 17.3 Å². The molecule has 2 amide bonds. The second-order valence-corrected chi connectivity index (χ2v) is 9.94. The summed E-state index contributed by atoms with van der Waals surface area (Å²) >= 11 is 3.36. The number of carbonyl (C=O) groups is 3. The predicted octanol–water partition coefficient (Wildman–Crippen LogP) is 3.30. The van der Waals surface area contributed by atoms with Gasteiger partial charge in [-0.25, -0.2) is 9.48 Å². The van der Waals surface area contributed by atoms with Gasteiger partial charge < -0.3 is 19.7 Å². The Morgan fingerprint density at radius 3 is 2.84 bits per heavy atom. The molecule has 1 N–H and O–H groups in total. The molecule has 0 bridgehead atoms. The largest absolute Gasteiger partial charge is 0.493 e. The van der Waals surface area contributed by atoms with Gasteiger partial charge in [0.2, 0.25) is 5.91 Å². The molecule has 10 nitrogen and oxygen atoms in total. The average Bonchev–Trinajstić information content (AvgIpc) is 3.33. The maximum Gasteiger partial charge on any atom is 0.339 e. The van der Waals surface area contributed by atoms with Crippen LogP contribution in [0.25, 0.3) is 0 Å². The number of hydrogen-bond acceptors (Lipinski definition) is 7. The lowest BCUT2D eigenvalue weighted by molar-refractivity contribution is -0.132. The van der Waals surface area contributed by atoms with Crippen molar-refractivity contribution < 1.29 is 23.9 Å². The van der Waals surface area contributed by atoms with Gasteiger partial charge in [0.05, 0.1) is 44.5 Å². The second-order valence-electron chi connectivity index (χ2n) is 9.09. The van der Waals surface area contributed by atoms with Crippen LogP contribution in [-0.2, 0) is 35.5 Å². The molecule has 0 unspecified atom stereocenters. The Bertz CT molecular complexity index is 1400. The van der Waals surface area contributed by atoms with Gasteiger partial charge in [-0.2, -0.15) is 0 Å². The molecule has 0 saturated carbocycles. The molecule has 5 rings (SSSR count). The maximum atomic E-state index is 13.2. The molecule has 0 aliphatic carbocycles. The number of hydrogen-bond donors (Lipinski definition) is 1. The van der Waals surface area contributed by atoms with Crippen molar-refractivity contribution in [1.29, 1.82) is 0 Å². The predicted molar refractivity (Wildman–Crippen MR) is 138 cm³/mol. The van der Waals surface area contributed by atoms with Crippen LogP contribution in [0.5, 0.6) is 5.75 Å². The lowest BCUT2D eigenvalue weighted by atomic mass is 10.0. The van der Waals surface area contributed by atoms with Gasteiger partial charge in [-0.05, 0) is 70.6 Å². The summed E-state index contributed by atoms with van der Waals surface area (Å²) < 4.78 is 12.7. The Kier molecular flexibility index (Phi) is 6.96. The van der Waals surface area contributed by atoms with Gasteiger partial charge in [0.15, 0.2) is 5.69 Å². The van der Waals surface area contributed by atoms with Crippen molar-refractivity contribution in [1.82, 2.24) is 19.9 Å². The van der Waals surface area contributed by atoms with Gasteiger partial charge in [0.25, 0.3) is 5.91 Å². The highest BCUT2D eigenvalue weighted by Gasteiger charge is 2.28. The number of carbonyl (C=O) groups excluding carboxylic acids is 3. The number of ether oxygens (including phenoxy) is 2. The number of nitrogens with zero attached hydrogens (tertiary/aromatic N) is 4. The van der Waals surface area contributed by atoms with Crippen molar-refractivity contribution >= 4 is 39.4 Å². The Labute approximate surface area is 222 Å². The number of methoxy groups -OCH3 is 1. The molecule has 11 heteroatoms. The quantitative estimate of drug-likeness (QED) is 0.470. The number of anilines is 1. The Hall–Kier alpha value is -3.73. The third kappa shape index (κ3) is 5.08. The first-order valence-corrected chi connectivity index (χ1v) is 12.8. The van der Waals surface area contributed by atoms with E-state index in [0.29, 0.717) is 34.5 Å². The van der Waals surface area contributed by atoms with E-state index in [4.69, 9.17) is 9.47 Å². The summed E-state index contributed by atoms with van der Waals surface area (Å²) in [6, 6.07) is 9.20. The van der Waals surface area contributed by atoms with Crippen molar-refractivity contribution in [2.45, 2.75) is 39.3 Å². The monoisotopic (exact) mass is 567 g/mol. The van der Waals surface area contributed by atoms with Gasteiger partial charge in [-0.15, -0.1) is 5.10 Å². The van der Waals surface area contributed by atoms with Crippen LogP contribution in [-0.4, -0.2) is 57.9 Å². The molecule has 2 aromatic carbocycles. The number of fused-ring (bicyclic) bond motifs is 2. The van der Waals surface area contributed by atoms with Crippen LogP contribution in [0.15, 0.2) is 34.8 Å². The van der Waals surface area contributed by atoms with E-state index in [1.165, 1.54) is 7.11 Å². The summed E-state index contributed by atoms with van der Waals surface area (Å²) in [4.78, 5) is 40.1. The van der Waals surface area contributed by atoms with E-state index in [1.807, 2.05) is 25.1 Å². The second kappa shape index (κ2) is 10.3. The number of rotatable bonds is 5. The summed E-state index contributed by atoms with van der Waals surface area (Å²) in [5.41, 5.74) is 4.28.